The van der Waals surface area contributed by atoms with E-state index < -0.39 is 0 Å². The second-order valence-electron chi connectivity index (χ2n) is 6.70. The molecule has 2 aliphatic rings. The number of hydrogen-bond donors (Lipinski definition) is 1. The summed E-state index contributed by atoms with van der Waals surface area (Å²) >= 11 is 0. The van der Waals surface area contributed by atoms with Crippen LogP contribution in [0.2, 0.25) is 0 Å². The van der Waals surface area contributed by atoms with Gasteiger partial charge >= 0.3 is 0 Å². The van der Waals surface area contributed by atoms with Gasteiger partial charge in [-0.25, -0.2) is 0 Å². The lowest BCUT2D eigenvalue weighted by molar-refractivity contribution is -0.0797. The van der Waals surface area contributed by atoms with Gasteiger partial charge in [0.05, 0.1) is 5.60 Å². The molecule has 0 aromatic heterocycles. The highest BCUT2D eigenvalue weighted by Crippen LogP contribution is 2.30. The van der Waals surface area contributed by atoms with Crippen molar-refractivity contribution in [1.82, 2.24) is 5.32 Å². The SMILES string of the molecule is CCC1(C)CC(NC(C)C2CCCCC2)CCO1. The van der Waals surface area contributed by atoms with Gasteiger partial charge in [0.2, 0.25) is 0 Å². The zero-order chi connectivity index (χ0) is 13.0. The number of nitrogens with one attached hydrogen (secondary N) is 1. The third-order valence-electron chi connectivity index (χ3n) is 5.20. The van der Waals surface area contributed by atoms with Crippen LogP contribution in [0.25, 0.3) is 0 Å². The van der Waals surface area contributed by atoms with E-state index in [4.69, 9.17) is 4.74 Å². The summed E-state index contributed by atoms with van der Waals surface area (Å²) in [6, 6.07) is 1.36. The Labute approximate surface area is 113 Å². The molecule has 1 aliphatic heterocycles. The molecule has 0 aromatic carbocycles. The van der Waals surface area contributed by atoms with Gasteiger partial charge in [-0.05, 0) is 51.9 Å². The molecule has 0 radical (unpaired) electrons. The van der Waals surface area contributed by atoms with Crippen molar-refractivity contribution in [2.75, 3.05) is 6.61 Å². The molecular weight excluding hydrogens is 222 g/mol. The number of ether oxygens (including phenoxy) is 1. The molecule has 1 N–H and O–H groups in total. The minimum atomic E-state index is 0.113. The molecule has 0 bridgehead atoms. The zero-order valence-electron chi connectivity index (χ0n) is 12.5. The molecule has 2 fully saturated rings. The summed E-state index contributed by atoms with van der Waals surface area (Å²) in [5, 5.41) is 3.90. The van der Waals surface area contributed by atoms with Crippen molar-refractivity contribution in [3.8, 4) is 0 Å². The first kappa shape index (κ1) is 14.3. The fourth-order valence-corrected chi connectivity index (χ4v) is 3.66. The van der Waals surface area contributed by atoms with Crippen LogP contribution in [0.3, 0.4) is 0 Å². The van der Waals surface area contributed by atoms with E-state index in [9.17, 15) is 0 Å². The molecule has 2 heteroatoms. The predicted molar refractivity (Wildman–Crippen MR) is 76.8 cm³/mol. The maximum Gasteiger partial charge on any atom is 0.0666 e. The Bertz CT molecular complexity index is 249. The maximum absolute atomic E-state index is 5.93. The van der Waals surface area contributed by atoms with Crippen LogP contribution < -0.4 is 5.32 Å². The van der Waals surface area contributed by atoms with Crippen molar-refractivity contribution in [2.24, 2.45) is 5.92 Å². The van der Waals surface area contributed by atoms with E-state index in [-0.39, 0.29) is 5.60 Å². The van der Waals surface area contributed by atoms with E-state index in [1.54, 1.807) is 0 Å². The molecule has 0 spiro atoms. The Morgan fingerprint density at radius 1 is 1.22 bits per heavy atom. The molecule has 1 saturated heterocycles. The first-order valence-electron chi connectivity index (χ1n) is 8.03. The van der Waals surface area contributed by atoms with Crippen LogP contribution in [0.1, 0.15) is 72.1 Å². The summed E-state index contributed by atoms with van der Waals surface area (Å²) in [6.45, 7) is 7.84. The van der Waals surface area contributed by atoms with Gasteiger partial charge < -0.3 is 10.1 Å². The first-order valence-corrected chi connectivity index (χ1v) is 8.03. The monoisotopic (exact) mass is 253 g/mol. The topological polar surface area (TPSA) is 21.3 Å². The molecule has 1 heterocycles. The zero-order valence-corrected chi connectivity index (χ0v) is 12.5. The van der Waals surface area contributed by atoms with Crippen molar-refractivity contribution >= 4 is 0 Å². The third-order valence-corrected chi connectivity index (χ3v) is 5.20. The van der Waals surface area contributed by atoms with Crippen molar-refractivity contribution in [1.29, 1.82) is 0 Å². The van der Waals surface area contributed by atoms with Gasteiger partial charge in [-0.3, -0.25) is 0 Å². The minimum Gasteiger partial charge on any atom is -0.375 e. The summed E-state index contributed by atoms with van der Waals surface area (Å²) < 4.78 is 5.93. The van der Waals surface area contributed by atoms with E-state index in [0.29, 0.717) is 12.1 Å². The van der Waals surface area contributed by atoms with Gasteiger partial charge in [0.15, 0.2) is 0 Å². The Hall–Kier alpha value is -0.0800. The molecular formula is C16H31NO. The highest BCUT2D eigenvalue weighted by molar-refractivity contribution is 4.88. The van der Waals surface area contributed by atoms with Crippen LogP contribution in [0.5, 0.6) is 0 Å². The van der Waals surface area contributed by atoms with E-state index in [2.05, 4.69) is 26.1 Å². The molecule has 0 aromatic rings. The lowest BCUT2D eigenvalue weighted by Crippen LogP contribution is -2.49. The van der Waals surface area contributed by atoms with Crippen LogP contribution in [0.15, 0.2) is 0 Å². The van der Waals surface area contributed by atoms with Gasteiger partial charge in [-0.1, -0.05) is 26.2 Å². The summed E-state index contributed by atoms with van der Waals surface area (Å²) in [4.78, 5) is 0. The number of rotatable bonds is 4. The fraction of sp³-hybridized carbons (Fsp3) is 1.00. The summed E-state index contributed by atoms with van der Waals surface area (Å²) in [6.07, 6.45) is 10.7. The van der Waals surface area contributed by atoms with E-state index >= 15 is 0 Å². The van der Waals surface area contributed by atoms with Crippen molar-refractivity contribution in [3.63, 3.8) is 0 Å². The quantitative estimate of drug-likeness (QED) is 0.820. The Morgan fingerprint density at radius 3 is 2.61 bits per heavy atom. The molecule has 106 valence electrons. The molecule has 2 rings (SSSR count). The van der Waals surface area contributed by atoms with E-state index in [1.807, 2.05) is 0 Å². The highest BCUT2D eigenvalue weighted by Gasteiger charge is 2.33. The molecule has 3 atom stereocenters. The molecule has 2 nitrogen and oxygen atoms in total. The summed E-state index contributed by atoms with van der Waals surface area (Å²) in [5.41, 5.74) is 0.113. The van der Waals surface area contributed by atoms with Crippen LogP contribution in [-0.4, -0.2) is 24.3 Å². The standard InChI is InChI=1S/C16H31NO/c1-4-16(3)12-15(10-11-18-16)17-13(2)14-8-6-5-7-9-14/h13-15,17H,4-12H2,1-3H3. The average molecular weight is 253 g/mol. The molecule has 1 aliphatic carbocycles. The van der Waals surface area contributed by atoms with Crippen LogP contribution in [-0.2, 0) is 4.74 Å². The molecule has 18 heavy (non-hydrogen) atoms. The smallest absolute Gasteiger partial charge is 0.0666 e. The lowest BCUT2D eigenvalue weighted by Gasteiger charge is -2.40. The maximum atomic E-state index is 5.93. The van der Waals surface area contributed by atoms with Gasteiger partial charge in [0.1, 0.15) is 0 Å². The molecule has 1 saturated carbocycles. The summed E-state index contributed by atoms with van der Waals surface area (Å²) in [5.74, 6) is 0.912. The van der Waals surface area contributed by atoms with Gasteiger partial charge in [0.25, 0.3) is 0 Å². The molecule has 0 amide bonds. The van der Waals surface area contributed by atoms with Crippen LogP contribution >= 0.6 is 0 Å². The van der Waals surface area contributed by atoms with Gasteiger partial charge in [-0.2, -0.15) is 0 Å². The van der Waals surface area contributed by atoms with Crippen molar-refractivity contribution in [2.45, 2.75) is 89.8 Å². The summed E-state index contributed by atoms with van der Waals surface area (Å²) in [7, 11) is 0. The average Bonchev–Trinajstić information content (AvgIpc) is 2.40. The molecule has 3 unspecified atom stereocenters. The normalized spacial score (nSPS) is 36.5. The van der Waals surface area contributed by atoms with Crippen molar-refractivity contribution < 1.29 is 4.74 Å². The predicted octanol–water partition coefficient (Wildman–Crippen LogP) is 3.89. The van der Waals surface area contributed by atoms with E-state index in [0.717, 1.165) is 18.9 Å². The Morgan fingerprint density at radius 2 is 1.94 bits per heavy atom. The van der Waals surface area contributed by atoms with Crippen molar-refractivity contribution in [3.05, 3.63) is 0 Å². The van der Waals surface area contributed by atoms with Crippen LogP contribution in [0, 0.1) is 5.92 Å². The third kappa shape index (κ3) is 3.71. The van der Waals surface area contributed by atoms with E-state index in [1.165, 1.54) is 44.9 Å². The Balaban J connectivity index is 1.81. The second kappa shape index (κ2) is 6.38. The van der Waals surface area contributed by atoms with Gasteiger partial charge in [-0.15, -0.1) is 0 Å². The largest absolute Gasteiger partial charge is 0.375 e. The van der Waals surface area contributed by atoms with Gasteiger partial charge in [0, 0.05) is 18.7 Å². The Kier molecular flexibility index (Phi) is 5.08. The highest BCUT2D eigenvalue weighted by atomic mass is 16.5. The van der Waals surface area contributed by atoms with Crippen LogP contribution in [0.4, 0.5) is 0 Å². The first-order chi connectivity index (χ1) is 8.63. The second-order valence-corrected chi connectivity index (χ2v) is 6.70. The minimum absolute atomic E-state index is 0.113. The lowest BCUT2D eigenvalue weighted by atomic mass is 9.83. The fourth-order valence-electron chi connectivity index (χ4n) is 3.66. The number of hydrogen-bond acceptors (Lipinski definition) is 2.